The molecule has 0 fully saturated rings. The first-order valence-electron chi connectivity index (χ1n) is 33.7. The lowest BCUT2D eigenvalue weighted by Gasteiger charge is -2.25. The molecule has 0 aliphatic rings. The van der Waals surface area contributed by atoms with E-state index in [1.54, 1.807) is 0 Å². The fraction of sp³-hybridized carbons (Fsp3) is 0.941. The highest BCUT2D eigenvalue weighted by Crippen LogP contribution is 2.22. The minimum atomic E-state index is -0.290. The molecule has 428 valence electrons. The first-order valence-corrected chi connectivity index (χ1v) is 33.7. The maximum absolute atomic E-state index is 13.9. The fourth-order valence-corrected chi connectivity index (χ4v) is 10.9. The average molecular weight is 1010 g/mol. The normalized spacial score (nSPS) is 12.1. The Morgan fingerprint density at radius 3 is 0.931 bits per heavy atom. The number of esters is 1. The quantitative estimate of drug-likeness (QED) is 0.0346. The minimum absolute atomic E-state index is 0.114. The van der Waals surface area contributed by atoms with Crippen molar-refractivity contribution >= 4 is 11.9 Å². The molecule has 0 bridgehead atoms. The van der Waals surface area contributed by atoms with Crippen molar-refractivity contribution in [3.8, 4) is 0 Å². The van der Waals surface area contributed by atoms with Crippen molar-refractivity contribution in [3.05, 3.63) is 12.2 Å². The molecule has 4 heteroatoms. The van der Waals surface area contributed by atoms with Crippen LogP contribution in [0.2, 0.25) is 0 Å². The molecule has 0 rings (SSSR count). The number of unbranched alkanes of at least 4 members (excludes halogenated alkanes) is 49. The molecule has 0 spiro atoms. The van der Waals surface area contributed by atoms with Crippen LogP contribution in [-0.4, -0.2) is 36.5 Å². The van der Waals surface area contributed by atoms with Gasteiger partial charge < -0.3 is 9.64 Å². The summed E-state index contributed by atoms with van der Waals surface area (Å²) in [6.07, 6.45) is 78.3. The van der Waals surface area contributed by atoms with Gasteiger partial charge >= 0.3 is 5.97 Å². The van der Waals surface area contributed by atoms with Crippen molar-refractivity contribution in [2.45, 2.75) is 387 Å². The van der Waals surface area contributed by atoms with Gasteiger partial charge in [-0.15, -0.1) is 0 Å². The van der Waals surface area contributed by atoms with Crippen LogP contribution in [0.3, 0.4) is 0 Å². The molecule has 1 amide bonds. The second kappa shape index (κ2) is 62.2. The third-order valence-corrected chi connectivity index (χ3v) is 16.0. The van der Waals surface area contributed by atoms with Gasteiger partial charge in [0.25, 0.3) is 0 Å². The lowest BCUT2D eigenvalue weighted by atomic mass is 9.96. The van der Waals surface area contributed by atoms with Gasteiger partial charge in [0.15, 0.2) is 0 Å². The number of carbonyl (C=O) groups is 2. The molecule has 0 aromatic carbocycles. The van der Waals surface area contributed by atoms with Crippen molar-refractivity contribution in [2.75, 3.05) is 19.7 Å². The molecule has 0 aromatic rings. The van der Waals surface area contributed by atoms with E-state index in [0.717, 1.165) is 58.0 Å². The third kappa shape index (κ3) is 54.9. The Balaban J connectivity index is 3.99. The Morgan fingerprint density at radius 2 is 0.597 bits per heavy atom. The van der Waals surface area contributed by atoms with E-state index in [4.69, 9.17) is 4.74 Å². The van der Waals surface area contributed by atoms with Crippen molar-refractivity contribution in [3.63, 3.8) is 0 Å². The van der Waals surface area contributed by atoms with Crippen LogP contribution in [0, 0.1) is 5.92 Å². The molecular weight excluding hydrogens is 879 g/mol. The number of amides is 1. The molecule has 72 heavy (non-hydrogen) atoms. The summed E-state index contributed by atoms with van der Waals surface area (Å²) in [5.41, 5.74) is 0. The Labute approximate surface area is 454 Å². The van der Waals surface area contributed by atoms with Gasteiger partial charge in [0.1, 0.15) is 0 Å². The van der Waals surface area contributed by atoms with E-state index < -0.39 is 0 Å². The van der Waals surface area contributed by atoms with Gasteiger partial charge in [-0.25, -0.2) is 0 Å². The summed E-state index contributed by atoms with van der Waals surface area (Å²) in [4.78, 5) is 29.5. The first kappa shape index (κ1) is 70.7. The zero-order valence-corrected chi connectivity index (χ0v) is 50.1. The number of nitrogens with zero attached hydrogens (tertiary/aromatic N) is 1. The first-order chi connectivity index (χ1) is 35.6. The van der Waals surface area contributed by atoms with Crippen molar-refractivity contribution < 1.29 is 14.3 Å². The smallest absolute Gasteiger partial charge is 0.309 e. The summed E-state index contributed by atoms with van der Waals surface area (Å²) in [6.45, 7) is 11.2. The molecule has 0 aliphatic carbocycles. The van der Waals surface area contributed by atoms with Crippen LogP contribution in [0.15, 0.2) is 12.2 Å². The highest BCUT2D eigenvalue weighted by atomic mass is 16.5. The van der Waals surface area contributed by atoms with Crippen LogP contribution in [0.1, 0.15) is 387 Å². The molecule has 0 radical (unpaired) electrons. The number of ether oxygens (including phenoxy) is 1. The Bertz CT molecular complexity index is 1060. The maximum atomic E-state index is 13.9. The van der Waals surface area contributed by atoms with Crippen molar-refractivity contribution in [1.29, 1.82) is 0 Å². The van der Waals surface area contributed by atoms with Gasteiger partial charge in [-0.2, -0.15) is 0 Å². The van der Waals surface area contributed by atoms with Gasteiger partial charge in [-0.1, -0.05) is 348 Å². The number of hydrogen-bond acceptors (Lipinski definition) is 3. The van der Waals surface area contributed by atoms with Crippen LogP contribution in [-0.2, 0) is 14.3 Å². The standard InChI is InChI=1S/C68H133NO3/c1-5-9-13-17-21-22-23-24-25-26-27-28-29-30-31-32-33-34-35-36-37-38-39-40-41-42-43-44-45-46-47-48-49-50-51-52-53-57-61-66(68(71)72-64-60-56-20-16-12-8-4)65-67(70)69(62-58-54-18-14-10-6-2)63-59-55-19-15-11-7-3/h13,17,66H,5-12,14-16,18-65H2,1-4H3/b17-13+. The summed E-state index contributed by atoms with van der Waals surface area (Å²) in [5.74, 6) is -0.215. The van der Waals surface area contributed by atoms with Gasteiger partial charge in [-0.3, -0.25) is 9.59 Å². The Hall–Kier alpha value is -1.32. The largest absolute Gasteiger partial charge is 0.465 e. The van der Waals surface area contributed by atoms with E-state index in [0.29, 0.717) is 13.0 Å². The molecule has 0 heterocycles. The molecule has 0 saturated carbocycles. The predicted octanol–water partition coefficient (Wildman–Crippen LogP) is 23.5. The molecule has 0 aliphatic heterocycles. The second-order valence-corrected chi connectivity index (χ2v) is 23.3. The predicted molar refractivity (Wildman–Crippen MR) is 321 cm³/mol. The summed E-state index contributed by atoms with van der Waals surface area (Å²) in [7, 11) is 0. The molecule has 1 unspecified atom stereocenters. The Morgan fingerprint density at radius 1 is 0.319 bits per heavy atom. The number of hydrogen-bond donors (Lipinski definition) is 0. The van der Waals surface area contributed by atoms with E-state index in [2.05, 4.69) is 44.7 Å². The zero-order valence-electron chi connectivity index (χ0n) is 50.1. The summed E-state index contributed by atoms with van der Waals surface area (Å²) < 4.78 is 5.88. The zero-order chi connectivity index (χ0) is 52.2. The van der Waals surface area contributed by atoms with Gasteiger partial charge in [0, 0.05) is 19.5 Å². The lowest BCUT2D eigenvalue weighted by molar-refractivity contribution is -0.152. The number of allylic oxidation sites excluding steroid dienone is 2. The van der Waals surface area contributed by atoms with Crippen LogP contribution in [0.25, 0.3) is 0 Å². The molecule has 0 saturated heterocycles. The highest BCUT2D eigenvalue weighted by molar-refractivity contribution is 5.83. The van der Waals surface area contributed by atoms with E-state index in [9.17, 15) is 9.59 Å². The van der Waals surface area contributed by atoms with Crippen LogP contribution in [0.5, 0.6) is 0 Å². The van der Waals surface area contributed by atoms with Crippen molar-refractivity contribution in [2.24, 2.45) is 5.92 Å². The van der Waals surface area contributed by atoms with E-state index in [1.165, 1.54) is 308 Å². The summed E-state index contributed by atoms with van der Waals surface area (Å²) in [6, 6.07) is 0. The minimum Gasteiger partial charge on any atom is -0.465 e. The van der Waals surface area contributed by atoms with E-state index in [-0.39, 0.29) is 17.8 Å². The average Bonchev–Trinajstić information content (AvgIpc) is 3.38. The monoisotopic (exact) mass is 1010 g/mol. The van der Waals surface area contributed by atoms with Crippen LogP contribution >= 0.6 is 0 Å². The number of rotatable bonds is 62. The lowest BCUT2D eigenvalue weighted by Crippen LogP contribution is -2.35. The number of carbonyl (C=O) groups excluding carboxylic acids is 2. The second-order valence-electron chi connectivity index (χ2n) is 23.3. The van der Waals surface area contributed by atoms with Crippen LogP contribution in [0.4, 0.5) is 0 Å². The molecule has 1 atom stereocenters. The third-order valence-electron chi connectivity index (χ3n) is 16.0. The van der Waals surface area contributed by atoms with E-state index in [1.807, 2.05) is 0 Å². The molecule has 4 nitrogen and oxygen atoms in total. The molecular formula is C68H133NO3. The molecule has 0 aromatic heterocycles. The van der Waals surface area contributed by atoms with Gasteiger partial charge in [0.2, 0.25) is 5.91 Å². The summed E-state index contributed by atoms with van der Waals surface area (Å²) >= 11 is 0. The maximum Gasteiger partial charge on any atom is 0.309 e. The summed E-state index contributed by atoms with van der Waals surface area (Å²) in [5, 5.41) is 0. The Kier molecular flexibility index (Phi) is 61.1. The fourth-order valence-electron chi connectivity index (χ4n) is 10.9. The van der Waals surface area contributed by atoms with Gasteiger partial charge in [0.05, 0.1) is 12.5 Å². The highest BCUT2D eigenvalue weighted by Gasteiger charge is 2.26. The molecule has 0 N–H and O–H groups in total. The van der Waals surface area contributed by atoms with Crippen molar-refractivity contribution in [1.82, 2.24) is 4.90 Å². The van der Waals surface area contributed by atoms with Gasteiger partial charge in [-0.05, 0) is 44.9 Å². The van der Waals surface area contributed by atoms with E-state index >= 15 is 0 Å². The SMILES string of the molecule is CCC/C=C/CCCCCCCCCCCCCCCCCCCCCCCCCCCCCCCCCCCC(CC(=O)N(CCCCCCCC)CCCCCCCC)C(=O)OCCCCCCCC. The van der Waals surface area contributed by atoms with Crippen LogP contribution < -0.4 is 0 Å². The topological polar surface area (TPSA) is 46.6 Å².